The molecule has 0 aliphatic rings. The highest BCUT2D eigenvalue weighted by Gasteiger charge is 2.28. The SMILES string of the molecule is COc1cc(C(=O)C(=O)c2ccccc2)c(OC)cc1C(=O)C(=O)c1ccccc1. The number of hydrogen-bond donors (Lipinski definition) is 0. The van der Waals surface area contributed by atoms with Crippen molar-refractivity contribution in [3.05, 3.63) is 95.1 Å². The Morgan fingerprint density at radius 2 is 0.867 bits per heavy atom. The van der Waals surface area contributed by atoms with Crippen LogP contribution in [0.2, 0.25) is 0 Å². The molecular formula is C24H18O6. The third kappa shape index (κ3) is 4.03. The van der Waals surface area contributed by atoms with Gasteiger partial charge in [-0.05, 0) is 12.1 Å². The number of benzene rings is 3. The van der Waals surface area contributed by atoms with E-state index in [0.29, 0.717) is 0 Å². The lowest BCUT2D eigenvalue weighted by Crippen LogP contribution is -2.18. The predicted octanol–water partition coefficient (Wildman–Crippen LogP) is 3.84. The van der Waals surface area contributed by atoms with Gasteiger partial charge < -0.3 is 9.47 Å². The van der Waals surface area contributed by atoms with Crippen molar-refractivity contribution < 1.29 is 28.7 Å². The minimum Gasteiger partial charge on any atom is -0.496 e. The molecule has 6 heteroatoms. The molecule has 0 aliphatic heterocycles. The molecule has 3 aromatic rings. The van der Waals surface area contributed by atoms with Crippen LogP contribution in [0, 0.1) is 0 Å². The summed E-state index contributed by atoms with van der Waals surface area (Å²) in [5.74, 6) is -3.09. The number of ketones is 4. The fourth-order valence-corrected chi connectivity index (χ4v) is 2.94. The van der Waals surface area contributed by atoms with E-state index in [9.17, 15) is 19.2 Å². The van der Waals surface area contributed by atoms with Crippen molar-refractivity contribution in [2.75, 3.05) is 14.2 Å². The van der Waals surface area contributed by atoms with Crippen LogP contribution in [0.4, 0.5) is 0 Å². The van der Waals surface area contributed by atoms with Crippen LogP contribution in [-0.2, 0) is 0 Å². The van der Waals surface area contributed by atoms with Gasteiger partial charge >= 0.3 is 0 Å². The van der Waals surface area contributed by atoms with Crippen molar-refractivity contribution in [2.45, 2.75) is 0 Å². The van der Waals surface area contributed by atoms with Crippen LogP contribution in [0.25, 0.3) is 0 Å². The number of rotatable bonds is 8. The fourth-order valence-electron chi connectivity index (χ4n) is 2.94. The maximum atomic E-state index is 12.8. The first-order valence-corrected chi connectivity index (χ1v) is 9.02. The molecule has 0 aliphatic carbocycles. The Labute approximate surface area is 173 Å². The predicted molar refractivity (Wildman–Crippen MR) is 110 cm³/mol. The molecule has 3 aromatic carbocycles. The quantitative estimate of drug-likeness (QED) is 0.420. The van der Waals surface area contributed by atoms with Crippen molar-refractivity contribution in [1.29, 1.82) is 0 Å². The summed E-state index contributed by atoms with van der Waals surface area (Å²) >= 11 is 0. The molecule has 0 atom stereocenters. The zero-order valence-electron chi connectivity index (χ0n) is 16.4. The van der Waals surface area contributed by atoms with Crippen molar-refractivity contribution in [3.8, 4) is 11.5 Å². The summed E-state index contributed by atoms with van der Waals surface area (Å²) in [6, 6.07) is 18.7. The van der Waals surface area contributed by atoms with Crippen LogP contribution in [0.5, 0.6) is 11.5 Å². The summed E-state index contributed by atoms with van der Waals surface area (Å²) in [6.07, 6.45) is 0. The van der Waals surface area contributed by atoms with Crippen LogP contribution in [0.3, 0.4) is 0 Å². The van der Waals surface area contributed by atoms with Crippen molar-refractivity contribution in [3.63, 3.8) is 0 Å². The minimum absolute atomic E-state index is 0.00528. The van der Waals surface area contributed by atoms with Crippen LogP contribution in [0.15, 0.2) is 72.8 Å². The van der Waals surface area contributed by atoms with Gasteiger partial charge in [-0.1, -0.05) is 60.7 Å². The third-order valence-corrected chi connectivity index (χ3v) is 4.50. The molecule has 0 spiro atoms. The molecule has 0 fully saturated rings. The highest BCUT2D eigenvalue weighted by molar-refractivity contribution is 6.51. The van der Waals surface area contributed by atoms with E-state index < -0.39 is 23.1 Å². The van der Waals surface area contributed by atoms with Crippen LogP contribution in [0.1, 0.15) is 41.4 Å². The number of carbonyl (C=O) groups excluding carboxylic acids is 4. The summed E-state index contributed by atoms with van der Waals surface area (Å²) in [5, 5.41) is 0. The topological polar surface area (TPSA) is 86.7 Å². The molecule has 0 aromatic heterocycles. The van der Waals surface area contributed by atoms with Gasteiger partial charge in [0.25, 0.3) is 0 Å². The lowest BCUT2D eigenvalue weighted by Gasteiger charge is -2.13. The number of carbonyl (C=O) groups is 4. The zero-order chi connectivity index (χ0) is 21.7. The normalized spacial score (nSPS) is 10.2. The lowest BCUT2D eigenvalue weighted by molar-refractivity contribution is 0.0811. The second kappa shape index (κ2) is 8.96. The summed E-state index contributed by atoms with van der Waals surface area (Å²) in [6.45, 7) is 0. The maximum Gasteiger partial charge on any atom is 0.237 e. The Kier molecular flexibility index (Phi) is 6.17. The Bertz CT molecular complexity index is 1030. The van der Waals surface area contributed by atoms with E-state index in [1.807, 2.05) is 0 Å². The Morgan fingerprint density at radius 1 is 0.533 bits per heavy atom. The average molecular weight is 402 g/mol. The summed E-state index contributed by atoms with van der Waals surface area (Å²) in [5.41, 5.74) is 0.324. The monoisotopic (exact) mass is 402 g/mol. The van der Waals surface area contributed by atoms with E-state index in [1.54, 1.807) is 36.4 Å². The number of Topliss-reactive ketones (excluding diaryl/α,β-unsaturated/α-hetero) is 4. The first-order chi connectivity index (χ1) is 14.5. The molecule has 0 N–H and O–H groups in total. The van der Waals surface area contributed by atoms with Gasteiger partial charge in [0.15, 0.2) is 0 Å². The highest BCUT2D eigenvalue weighted by Crippen LogP contribution is 2.31. The minimum atomic E-state index is -0.815. The van der Waals surface area contributed by atoms with Crippen molar-refractivity contribution in [2.24, 2.45) is 0 Å². The lowest BCUT2D eigenvalue weighted by atomic mass is 9.95. The largest absolute Gasteiger partial charge is 0.496 e. The van der Waals surface area contributed by atoms with E-state index in [2.05, 4.69) is 0 Å². The van der Waals surface area contributed by atoms with Gasteiger partial charge in [-0.2, -0.15) is 0 Å². The molecule has 30 heavy (non-hydrogen) atoms. The van der Waals surface area contributed by atoms with E-state index in [1.165, 1.54) is 50.6 Å². The van der Waals surface area contributed by atoms with Gasteiger partial charge in [0.1, 0.15) is 11.5 Å². The van der Waals surface area contributed by atoms with E-state index in [4.69, 9.17) is 9.47 Å². The molecule has 150 valence electrons. The van der Waals surface area contributed by atoms with E-state index in [-0.39, 0.29) is 33.8 Å². The molecule has 0 saturated heterocycles. The third-order valence-electron chi connectivity index (χ3n) is 4.50. The van der Waals surface area contributed by atoms with Crippen molar-refractivity contribution in [1.82, 2.24) is 0 Å². The van der Waals surface area contributed by atoms with E-state index in [0.717, 1.165) is 0 Å². The Morgan fingerprint density at radius 3 is 1.17 bits per heavy atom. The smallest absolute Gasteiger partial charge is 0.237 e. The molecule has 6 nitrogen and oxygen atoms in total. The number of methoxy groups -OCH3 is 2. The summed E-state index contributed by atoms with van der Waals surface area (Å²) in [7, 11) is 2.61. The molecule has 0 amide bonds. The van der Waals surface area contributed by atoms with Gasteiger partial charge in [-0.3, -0.25) is 19.2 Å². The molecule has 0 heterocycles. The highest BCUT2D eigenvalue weighted by atomic mass is 16.5. The van der Waals surface area contributed by atoms with Gasteiger partial charge in [-0.15, -0.1) is 0 Å². The summed E-state index contributed by atoms with van der Waals surface area (Å²) in [4.78, 5) is 50.7. The Balaban J connectivity index is 2.02. The van der Waals surface area contributed by atoms with Gasteiger partial charge in [0, 0.05) is 11.1 Å². The molecule has 3 rings (SSSR count). The van der Waals surface area contributed by atoms with Crippen LogP contribution in [-0.4, -0.2) is 37.4 Å². The maximum absolute atomic E-state index is 12.8. The Hall–Kier alpha value is -4.06. The van der Waals surface area contributed by atoms with Crippen molar-refractivity contribution >= 4 is 23.1 Å². The van der Waals surface area contributed by atoms with Gasteiger partial charge in [-0.25, -0.2) is 0 Å². The van der Waals surface area contributed by atoms with Crippen LogP contribution < -0.4 is 9.47 Å². The first kappa shape index (κ1) is 20.7. The molecular weight excluding hydrogens is 384 g/mol. The average Bonchev–Trinajstić information content (AvgIpc) is 2.82. The van der Waals surface area contributed by atoms with E-state index >= 15 is 0 Å². The van der Waals surface area contributed by atoms with Crippen LogP contribution >= 0.6 is 0 Å². The van der Waals surface area contributed by atoms with Gasteiger partial charge in [0.2, 0.25) is 23.1 Å². The molecule has 0 radical (unpaired) electrons. The second-order valence-corrected chi connectivity index (χ2v) is 6.30. The number of ether oxygens (including phenoxy) is 2. The summed E-state index contributed by atoms with van der Waals surface area (Å²) < 4.78 is 10.5. The molecule has 0 saturated carbocycles. The zero-order valence-corrected chi connectivity index (χ0v) is 16.4. The molecule has 0 bridgehead atoms. The van der Waals surface area contributed by atoms with Gasteiger partial charge in [0.05, 0.1) is 25.3 Å². The molecule has 0 unspecified atom stereocenters. The second-order valence-electron chi connectivity index (χ2n) is 6.30. The standard InChI is InChI=1S/C24H18O6/c1-29-19-13-18(24(28)22(26)16-11-7-4-8-12-16)20(30-2)14-17(19)23(27)21(25)15-9-5-3-6-10-15/h3-14H,1-2H3. The first-order valence-electron chi connectivity index (χ1n) is 9.02. The number of hydrogen-bond acceptors (Lipinski definition) is 6. The fraction of sp³-hybridized carbons (Fsp3) is 0.0833.